The maximum absolute atomic E-state index is 8.79. The van der Waals surface area contributed by atoms with Gasteiger partial charge in [-0.2, -0.15) is 10.4 Å². The molecule has 8 nitrogen and oxygen atoms in total. The van der Waals surface area contributed by atoms with Crippen LogP contribution in [0.15, 0.2) is 24.5 Å². The Morgan fingerprint density at radius 1 is 1.13 bits per heavy atom. The monoisotopic (exact) mass is 456 g/mol. The van der Waals surface area contributed by atoms with Gasteiger partial charge in [-0.15, -0.1) is 0 Å². The molecule has 0 atom stereocenters. The first-order valence-corrected chi connectivity index (χ1v) is 11.2. The number of hydrogen-bond donors (Lipinski definition) is 1. The van der Waals surface area contributed by atoms with Gasteiger partial charge in [0.2, 0.25) is 5.95 Å². The minimum atomic E-state index is 0.408. The largest absolute Gasteiger partial charge is 0.368 e. The molecule has 1 aliphatic heterocycles. The minimum Gasteiger partial charge on any atom is -0.368 e. The fourth-order valence-corrected chi connectivity index (χ4v) is 4.46. The highest BCUT2D eigenvalue weighted by atomic mass is 35.5. The van der Waals surface area contributed by atoms with Crippen LogP contribution in [0.4, 0.5) is 17.3 Å². The average molecular weight is 457 g/mol. The summed E-state index contributed by atoms with van der Waals surface area (Å²) in [5.41, 5.74) is 2.49. The number of nitrogens with zero attached hydrogens (tertiary/aromatic N) is 7. The van der Waals surface area contributed by atoms with E-state index in [0.29, 0.717) is 34.3 Å². The van der Waals surface area contributed by atoms with E-state index < -0.39 is 0 Å². The third-order valence-corrected chi connectivity index (χ3v) is 6.45. The second-order valence-corrected chi connectivity index (χ2v) is 8.71. The number of benzene rings is 1. The summed E-state index contributed by atoms with van der Waals surface area (Å²) in [7, 11) is 0. The lowest BCUT2D eigenvalue weighted by atomic mass is 10.2. The molecule has 160 valence electrons. The van der Waals surface area contributed by atoms with Crippen LogP contribution in [-0.4, -0.2) is 57.4 Å². The molecule has 31 heavy (non-hydrogen) atoms. The molecule has 2 fully saturated rings. The molecule has 0 radical (unpaired) electrons. The van der Waals surface area contributed by atoms with E-state index in [-0.39, 0.29) is 0 Å². The van der Waals surface area contributed by atoms with Crippen molar-refractivity contribution in [3.8, 4) is 6.07 Å². The second-order valence-electron chi connectivity index (χ2n) is 7.94. The van der Waals surface area contributed by atoms with Crippen LogP contribution in [-0.2, 0) is 0 Å². The molecule has 1 aromatic carbocycles. The SMILES string of the molecule is N#CCCN1CCN(c2cc3nc(Nc4cnn(C5CC5)c4Cl)ncc3cc2Cl)CC1. The number of nitriles is 1. The summed E-state index contributed by atoms with van der Waals surface area (Å²) >= 11 is 13.0. The van der Waals surface area contributed by atoms with E-state index in [2.05, 4.69) is 36.3 Å². The van der Waals surface area contributed by atoms with Crippen LogP contribution in [0.1, 0.15) is 25.3 Å². The van der Waals surface area contributed by atoms with E-state index >= 15 is 0 Å². The lowest BCUT2D eigenvalue weighted by Crippen LogP contribution is -2.46. The van der Waals surface area contributed by atoms with Gasteiger partial charge >= 0.3 is 0 Å². The van der Waals surface area contributed by atoms with Crippen molar-refractivity contribution in [1.29, 1.82) is 5.26 Å². The Labute approximate surface area is 190 Å². The first-order chi connectivity index (χ1) is 15.1. The van der Waals surface area contributed by atoms with Crippen LogP contribution in [0, 0.1) is 11.3 Å². The van der Waals surface area contributed by atoms with E-state index in [0.717, 1.165) is 62.2 Å². The fraction of sp³-hybridized carbons (Fsp3) is 0.429. The quantitative estimate of drug-likeness (QED) is 0.592. The Balaban J connectivity index is 1.35. The minimum absolute atomic E-state index is 0.408. The number of anilines is 3. The predicted octanol–water partition coefficient (Wildman–Crippen LogP) is 4.25. The number of nitrogens with one attached hydrogen (secondary N) is 1. The van der Waals surface area contributed by atoms with Gasteiger partial charge in [0.25, 0.3) is 0 Å². The van der Waals surface area contributed by atoms with Crippen LogP contribution >= 0.6 is 23.2 Å². The van der Waals surface area contributed by atoms with Gasteiger partial charge in [0.15, 0.2) is 5.15 Å². The molecule has 1 N–H and O–H groups in total. The maximum Gasteiger partial charge on any atom is 0.227 e. The third-order valence-electron chi connectivity index (χ3n) is 5.78. The molecule has 0 spiro atoms. The summed E-state index contributed by atoms with van der Waals surface area (Å²) in [6, 6.07) is 6.55. The van der Waals surface area contributed by atoms with E-state index in [4.69, 9.17) is 28.5 Å². The molecular formula is C21H22Cl2N8. The Morgan fingerprint density at radius 2 is 1.94 bits per heavy atom. The zero-order valence-electron chi connectivity index (χ0n) is 16.9. The average Bonchev–Trinajstić information content (AvgIpc) is 3.56. The van der Waals surface area contributed by atoms with Gasteiger partial charge in [0.1, 0.15) is 0 Å². The van der Waals surface area contributed by atoms with Gasteiger partial charge in [-0.3, -0.25) is 4.90 Å². The number of fused-ring (bicyclic) bond motifs is 1. The predicted molar refractivity (Wildman–Crippen MR) is 122 cm³/mol. The van der Waals surface area contributed by atoms with Gasteiger partial charge in [-0.25, -0.2) is 14.6 Å². The zero-order valence-corrected chi connectivity index (χ0v) is 18.4. The summed E-state index contributed by atoms with van der Waals surface area (Å²) in [6.07, 6.45) is 6.27. The van der Waals surface area contributed by atoms with Crippen molar-refractivity contribution in [3.63, 3.8) is 0 Å². The first kappa shape index (κ1) is 20.3. The molecular weight excluding hydrogens is 435 g/mol. The molecule has 3 heterocycles. The second kappa shape index (κ2) is 8.50. The van der Waals surface area contributed by atoms with Crippen LogP contribution in [0.2, 0.25) is 10.2 Å². The van der Waals surface area contributed by atoms with Gasteiger partial charge in [-0.1, -0.05) is 23.2 Å². The van der Waals surface area contributed by atoms with E-state index in [1.807, 2.05) is 16.8 Å². The Kier molecular flexibility index (Phi) is 5.57. The van der Waals surface area contributed by atoms with E-state index in [1.165, 1.54) is 0 Å². The molecule has 0 amide bonds. The maximum atomic E-state index is 8.79. The summed E-state index contributed by atoms with van der Waals surface area (Å²) < 4.78 is 1.85. The highest BCUT2D eigenvalue weighted by Crippen LogP contribution is 2.39. The van der Waals surface area contributed by atoms with Crippen molar-refractivity contribution in [3.05, 3.63) is 34.7 Å². The number of hydrogen-bond acceptors (Lipinski definition) is 7. The summed E-state index contributed by atoms with van der Waals surface area (Å²) in [5, 5.41) is 18.5. The third kappa shape index (κ3) is 4.26. The lowest BCUT2D eigenvalue weighted by molar-refractivity contribution is 0.263. The van der Waals surface area contributed by atoms with Gasteiger partial charge < -0.3 is 10.2 Å². The van der Waals surface area contributed by atoms with Crippen LogP contribution < -0.4 is 10.2 Å². The van der Waals surface area contributed by atoms with Gasteiger partial charge in [0, 0.05) is 50.7 Å². The molecule has 10 heteroatoms. The summed E-state index contributed by atoms with van der Waals surface area (Å²) in [5.74, 6) is 0.472. The van der Waals surface area contributed by atoms with Crippen molar-refractivity contribution in [2.24, 2.45) is 0 Å². The molecule has 3 aromatic rings. The summed E-state index contributed by atoms with van der Waals surface area (Å²) in [4.78, 5) is 13.7. The molecule has 1 aliphatic carbocycles. The standard InChI is InChI=1S/C21H22Cl2N8/c22-16-10-14-12-25-21(28-18-13-26-31(20(18)23)15-2-3-15)27-17(14)11-19(16)30-8-6-29(7-9-30)5-1-4-24/h10-13,15H,1-3,5-9H2,(H,25,27,28). The first-order valence-electron chi connectivity index (χ1n) is 10.4. The van der Waals surface area contributed by atoms with Crippen LogP contribution in [0.5, 0.6) is 0 Å². The van der Waals surface area contributed by atoms with Crippen molar-refractivity contribution < 1.29 is 0 Å². The highest BCUT2D eigenvalue weighted by molar-refractivity contribution is 6.34. The van der Waals surface area contributed by atoms with Crippen molar-refractivity contribution >= 4 is 51.4 Å². The topological polar surface area (TPSA) is 85.9 Å². The molecule has 0 unspecified atom stereocenters. The van der Waals surface area contributed by atoms with Crippen molar-refractivity contribution in [2.45, 2.75) is 25.3 Å². The Bertz CT molecular complexity index is 1140. The number of halogens is 2. The summed E-state index contributed by atoms with van der Waals surface area (Å²) in [6.45, 7) is 4.37. The van der Waals surface area contributed by atoms with Crippen LogP contribution in [0.3, 0.4) is 0 Å². The van der Waals surface area contributed by atoms with E-state index in [1.54, 1.807) is 12.4 Å². The fourth-order valence-electron chi connectivity index (χ4n) is 3.89. The van der Waals surface area contributed by atoms with Gasteiger partial charge in [-0.05, 0) is 25.0 Å². The number of piperazine rings is 1. The van der Waals surface area contributed by atoms with Gasteiger partial charge in [0.05, 0.1) is 40.2 Å². The van der Waals surface area contributed by atoms with Crippen LogP contribution in [0.25, 0.3) is 10.9 Å². The molecule has 1 saturated heterocycles. The Hall–Kier alpha value is -2.60. The smallest absolute Gasteiger partial charge is 0.227 e. The lowest BCUT2D eigenvalue weighted by Gasteiger charge is -2.36. The Morgan fingerprint density at radius 3 is 2.68 bits per heavy atom. The number of rotatable bonds is 6. The molecule has 2 aliphatic rings. The highest BCUT2D eigenvalue weighted by Gasteiger charge is 2.27. The normalized spacial score (nSPS) is 17.1. The molecule has 2 aromatic heterocycles. The molecule has 0 bridgehead atoms. The molecule has 1 saturated carbocycles. The zero-order chi connectivity index (χ0) is 21.4. The van der Waals surface area contributed by atoms with Crippen molar-refractivity contribution in [1.82, 2.24) is 24.6 Å². The van der Waals surface area contributed by atoms with E-state index in [9.17, 15) is 0 Å². The molecule has 5 rings (SSSR count). The van der Waals surface area contributed by atoms with Crippen molar-refractivity contribution in [2.75, 3.05) is 42.9 Å². The number of aromatic nitrogens is 4.